The van der Waals surface area contributed by atoms with E-state index in [1.165, 1.54) is 193 Å². The van der Waals surface area contributed by atoms with Crippen LogP contribution in [0.15, 0.2) is 36.5 Å². The van der Waals surface area contributed by atoms with Gasteiger partial charge in [0.2, 0.25) is 0 Å². The molecular formula is C61H112O6. The van der Waals surface area contributed by atoms with Gasteiger partial charge >= 0.3 is 17.9 Å². The average Bonchev–Trinajstić information content (AvgIpc) is 3.33. The molecule has 0 aromatic rings. The second kappa shape index (κ2) is 56.2. The van der Waals surface area contributed by atoms with Gasteiger partial charge in [-0.2, -0.15) is 0 Å². The van der Waals surface area contributed by atoms with Crippen LogP contribution in [0, 0.1) is 0 Å². The van der Waals surface area contributed by atoms with Crippen molar-refractivity contribution >= 4 is 17.9 Å². The number of rotatable bonds is 54. The molecule has 0 aromatic heterocycles. The molecule has 0 bridgehead atoms. The van der Waals surface area contributed by atoms with Crippen molar-refractivity contribution in [3.63, 3.8) is 0 Å². The van der Waals surface area contributed by atoms with Gasteiger partial charge in [-0.1, -0.05) is 256 Å². The summed E-state index contributed by atoms with van der Waals surface area (Å²) in [5.74, 6) is -0.876. The van der Waals surface area contributed by atoms with Gasteiger partial charge in [-0.25, -0.2) is 0 Å². The van der Waals surface area contributed by atoms with Gasteiger partial charge in [-0.05, 0) is 77.0 Å². The lowest BCUT2D eigenvalue weighted by molar-refractivity contribution is -0.167. The van der Waals surface area contributed by atoms with Crippen molar-refractivity contribution in [2.45, 2.75) is 322 Å². The van der Waals surface area contributed by atoms with Gasteiger partial charge in [-0.15, -0.1) is 0 Å². The van der Waals surface area contributed by atoms with Crippen LogP contribution < -0.4 is 0 Å². The van der Waals surface area contributed by atoms with Gasteiger partial charge in [0.1, 0.15) is 13.2 Å². The van der Waals surface area contributed by atoms with E-state index in [2.05, 4.69) is 57.2 Å². The van der Waals surface area contributed by atoms with Crippen LogP contribution in [0.1, 0.15) is 316 Å². The van der Waals surface area contributed by atoms with E-state index in [0.29, 0.717) is 19.3 Å². The van der Waals surface area contributed by atoms with Crippen molar-refractivity contribution in [2.75, 3.05) is 13.2 Å². The summed E-state index contributed by atoms with van der Waals surface area (Å²) in [6, 6.07) is 0. The summed E-state index contributed by atoms with van der Waals surface area (Å²) in [5.41, 5.74) is 0. The topological polar surface area (TPSA) is 78.9 Å². The molecule has 0 N–H and O–H groups in total. The van der Waals surface area contributed by atoms with Crippen LogP contribution in [0.4, 0.5) is 0 Å². The third kappa shape index (κ3) is 54.4. The van der Waals surface area contributed by atoms with Crippen LogP contribution in [0.5, 0.6) is 0 Å². The molecule has 0 fully saturated rings. The molecule has 0 radical (unpaired) electrons. The summed E-state index contributed by atoms with van der Waals surface area (Å²) < 4.78 is 16.9. The quantitative estimate of drug-likeness (QED) is 0.0262. The first-order valence-corrected chi connectivity index (χ1v) is 29.5. The van der Waals surface area contributed by atoms with Crippen LogP contribution in [0.3, 0.4) is 0 Å². The average molecular weight is 942 g/mol. The molecule has 67 heavy (non-hydrogen) atoms. The van der Waals surface area contributed by atoms with Crippen molar-refractivity contribution in [3.05, 3.63) is 36.5 Å². The number of unbranched alkanes of at least 4 members (excludes halogenated alkanes) is 37. The molecule has 0 aliphatic heterocycles. The normalized spacial score (nSPS) is 12.2. The minimum absolute atomic E-state index is 0.0755. The molecule has 0 saturated carbocycles. The van der Waals surface area contributed by atoms with E-state index < -0.39 is 6.10 Å². The zero-order chi connectivity index (χ0) is 48.6. The molecule has 1 atom stereocenters. The predicted octanol–water partition coefficient (Wildman–Crippen LogP) is 19.7. The third-order valence-corrected chi connectivity index (χ3v) is 13.1. The standard InChI is InChI=1S/C61H112O6/c1-4-7-10-13-16-19-22-25-28-29-30-31-34-36-39-42-45-48-51-54-60(63)66-57-58(67-61(64)55-52-49-46-43-40-37-33-27-24-21-18-15-12-9-6-3)56-65-59(62)53-50-47-44-41-38-35-32-26-23-20-17-14-11-8-5-2/h18,20-21,23,27,33,58H,4-17,19,22,24-26,28-32,34-57H2,1-3H3/b21-18-,23-20-,33-27-/t58-/m1/s1. The summed E-state index contributed by atoms with van der Waals surface area (Å²) >= 11 is 0. The van der Waals surface area contributed by atoms with Crippen molar-refractivity contribution in [3.8, 4) is 0 Å². The van der Waals surface area contributed by atoms with E-state index in [9.17, 15) is 14.4 Å². The fraction of sp³-hybridized carbons (Fsp3) is 0.852. The van der Waals surface area contributed by atoms with E-state index in [1.807, 2.05) is 0 Å². The Morgan fingerprint density at radius 2 is 0.537 bits per heavy atom. The van der Waals surface area contributed by atoms with E-state index in [-0.39, 0.29) is 31.1 Å². The van der Waals surface area contributed by atoms with E-state index >= 15 is 0 Å². The lowest BCUT2D eigenvalue weighted by atomic mass is 10.0. The SMILES string of the molecule is CCCCC/C=C\C/C=C\CCCCCCCC(=O)O[C@H](COC(=O)CCCCCCCCC/C=C\CCCCCC)COC(=O)CCCCCCCCCCCCCCCCCCCCC. The minimum Gasteiger partial charge on any atom is -0.462 e. The fourth-order valence-corrected chi connectivity index (χ4v) is 8.65. The molecule has 0 aliphatic rings. The highest BCUT2D eigenvalue weighted by Gasteiger charge is 2.19. The maximum absolute atomic E-state index is 12.8. The predicted molar refractivity (Wildman–Crippen MR) is 289 cm³/mol. The summed E-state index contributed by atoms with van der Waals surface area (Å²) in [4.78, 5) is 38.2. The van der Waals surface area contributed by atoms with Gasteiger partial charge in [0, 0.05) is 19.3 Å². The summed E-state index contributed by atoms with van der Waals surface area (Å²) in [6.45, 7) is 6.63. The lowest BCUT2D eigenvalue weighted by Gasteiger charge is -2.18. The summed E-state index contributed by atoms with van der Waals surface area (Å²) in [7, 11) is 0. The first-order chi connectivity index (χ1) is 33.0. The van der Waals surface area contributed by atoms with Gasteiger partial charge in [0.15, 0.2) is 6.10 Å². The largest absolute Gasteiger partial charge is 0.462 e. The molecule has 6 heteroatoms. The molecular weight excluding hydrogens is 829 g/mol. The van der Waals surface area contributed by atoms with E-state index in [4.69, 9.17) is 14.2 Å². The third-order valence-electron chi connectivity index (χ3n) is 13.1. The number of hydrogen-bond acceptors (Lipinski definition) is 6. The van der Waals surface area contributed by atoms with E-state index in [0.717, 1.165) is 83.5 Å². The summed E-state index contributed by atoms with van der Waals surface area (Å²) in [5, 5.41) is 0. The number of allylic oxidation sites excluding steroid dienone is 6. The second-order valence-electron chi connectivity index (χ2n) is 19.9. The van der Waals surface area contributed by atoms with Crippen molar-refractivity contribution in [1.82, 2.24) is 0 Å². The molecule has 0 saturated heterocycles. The van der Waals surface area contributed by atoms with Gasteiger partial charge in [0.25, 0.3) is 0 Å². The monoisotopic (exact) mass is 941 g/mol. The Morgan fingerprint density at radius 3 is 0.881 bits per heavy atom. The van der Waals surface area contributed by atoms with Crippen molar-refractivity contribution in [2.24, 2.45) is 0 Å². The molecule has 0 heterocycles. The van der Waals surface area contributed by atoms with Crippen LogP contribution in [0.2, 0.25) is 0 Å². The Kier molecular flexibility index (Phi) is 54.2. The van der Waals surface area contributed by atoms with Crippen LogP contribution >= 0.6 is 0 Å². The highest BCUT2D eigenvalue weighted by Crippen LogP contribution is 2.17. The van der Waals surface area contributed by atoms with Gasteiger partial charge < -0.3 is 14.2 Å². The zero-order valence-corrected chi connectivity index (χ0v) is 44.9. The second-order valence-corrected chi connectivity index (χ2v) is 19.9. The van der Waals surface area contributed by atoms with E-state index in [1.54, 1.807) is 0 Å². The Hall–Kier alpha value is -2.37. The highest BCUT2D eigenvalue weighted by atomic mass is 16.6. The minimum atomic E-state index is -0.778. The Bertz CT molecular complexity index is 1130. The number of esters is 3. The van der Waals surface area contributed by atoms with Crippen LogP contribution in [-0.4, -0.2) is 37.2 Å². The molecule has 0 aromatic carbocycles. The number of carbonyl (C=O) groups excluding carboxylic acids is 3. The molecule has 392 valence electrons. The zero-order valence-electron chi connectivity index (χ0n) is 44.9. The lowest BCUT2D eigenvalue weighted by Crippen LogP contribution is -2.30. The number of ether oxygens (including phenoxy) is 3. The van der Waals surface area contributed by atoms with Gasteiger partial charge in [-0.3, -0.25) is 14.4 Å². The Labute approximate surface area is 416 Å². The number of carbonyl (C=O) groups is 3. The Morgan fingerprint density at radius 1 is 0.299 bits per heavy atom. The van der Waals surface area contributed by atoms with Crippen LogP contribution in [-0.2, 0) is 28.6 Å². The molecule has 0 rings (SSSR count). The highest BCUT2D eigenvalue weighted by molar-refractivity contribution is 5.71. The van der Waals surface area contributed by atoms with Crippen molar-refractivity contribution < 1.29 is 28.6 Å². The number of hydrogen-bond donors (Lipinski definition) is 0. The molecule has 0 aliphatic carbocycles. The summed E-state index contributed by atoms with van der Waals surface area (Å²) in [6.07, 6.45) is 67.0. The fourth-order valence-electron chi connectivity index (χ4n) is 8.65. The maximum atomic E-state index is 12.8. The first kappa shape index (κ1) is 64.6. The maximum Gasteiger partial charge on any atom is 0.306 e. The van der Waals surface area contributed by atoms with Crippen LogP contribution in [0.25, 0.3) is 0 Å². The molecule has 0 amide bonds. The Balaban J connectivity index is 4.34. The molecule has 0 spiro atoms. The molecule has 0 unspecified atom stereocenters. The first-order valence-electron chi connectivity index (χ1n) is 29.5. The van der Waals surface area contributed by atoms with Crippen molar-refractivity contribution in [1.29, 1.82) is 0 Å². The van der Waals surface area contributed by atoms with Gasteiger partial charge in [0.05, 0.1) is 0 Å². The smallest absolute Gasteiger partial charge is 0.306 e. The molecule has 6 nitrogen and oxygen atoms in total.